The van der Waals surface area contributed by atoms with Crippen LogP contribution in [0.4, 0.5) is 0 Å². The van der Waals surface area contributed by atoms with E-state index in [0.717, 1.165) is 17.7 Å². The minimum Gasteiger partial charge on any atom is -0.376 e. The number of hydrogen-bond donors (Lipinski definition) is 1. The maximum absolute atomic E-state index is 12.7. The molecule has 0 saturated carbocycles. The summed E-state index contributed by atoms with van der Waals surface area (Å²) in [6.45, 7) is 0.731. The lowest BCUT2D eigenvalue weighted by Crippen LogP contribution is -2.36. The predicted octanol–water partition coefficient (Wildman–Crippen LogP) is 1.63. The summed E-state index contributed by atoms with van der Waals surface area (Å²) in [6.07, 6.45) is 2.74. The summed E-state index contributed by atoms with van der Waals surface area (Å²) in [5, 5.41) is -0.280. The molecular formula is C19H16ClN3O6S. The quantitative estimate of drug-likeness (QED) is 0.543. The first kappa shape index (κ1) is 20.5. The molecule has 3 amide bonds. The first-order valence-electron chi connectivity index (χ1n) is 9.07. The third-order valence-corrected chi connectivity index (χ3v) is 6.66. The van der Waals surface area contributed by atoms with E-state index in [1.165, 1.54) is 36.5 Å². The monoisotopic (exact) mass is 449 g/mol. The molecule has 2 aliphatic heterocycles. The van der Waals surface area contributed by atoms with Crippen LogP contribution in [0.3, 0.4) is 0 Å². The third kappa shape index (κ3) is 3.69. The molecule has 3 heterocycles. The SMILES string of the molecule is O=C(NS(=O)(=O)c1cccnc1Cl)c1ccc2c(c1)C(=O)N(CC1CCCO1)C2=O. The van der Waals surface area contributed by atoms with Crippen molar-refractivity contribution in [2.75, 3.05) is 13.2 Å². The van der Waals surface area contributed by atoms with Crippen LogP contribution in [0.5, 0.6) is 0 Å². The van der Waals surface area contributed by atoms with E-state index in [1.807, 2.05) is 4.72 Å². The molecular weight excluding hydrogens is 434 g/mol. The van der Waals surface area contributed by atoms with E-state index in [2.05, 4.69) is 4.98 Å². The first-order chi connectivity index (χ1) is 14.3. The fourth-order valence-corrected chi connectivity index (χ4v) is 4.83. The Balaban J connectivity index is 1.56. The highest BCUT2D eigenvalue weighted by Crippen LogP contribution is 2.26. The molecule has 2 aliphatic rings. The van der Waals surface area contributed by atoms with E-state index in [4.69, 9.17) is 16.3 Å². The number of carbonyl (C=O) groups excluding carboxylic acids is 3. The minimum atomic E-state index is -4.28. The van der Waals surface area contributed by atoms with Gasteiger partial charge in [-0.05, 0) is 43.2 Å². The number of rotatable bonds is 5. The molecule has 0 radical (unpaired) electrons. The smallest absolute Gasteiger partial charge is 0.267 e. The highest BCUT2D eigenvalue weighted by molar-refractivity contribution is 7.90. The van der Waals surface area contributed by atoms with E-state index >= 15 is 0 Å². The average Bonchev–Trinajstić information content (AvgIpc) is 3.31. The Hall–Kier alpha value is -2.82. The van der Waals surface area contributed by atoms with Crippen molar-refractivity contribution in [3.63, 3.8) is 0 Å². The zero-order valence-corrected chi connectivity index (χ0v) is 17.1. The van der Waals surface area contributed by atoms with E-state index in [9.17, 15) is 22.8 Å². The van der Waals surface area contributed by atoms with E-state index < -0.39 is 27.7 Å². The molecule has 1 atom stereocenters. The highest BCUT2D eigenvalue weighted by atomic mass is 35.5. The van der Waals surface area contributed by atoms with Crippen LogP contribution < -0.4 is 4.72 Å². The van der Waals surface area contributed by atoms with Crippen molar-refractivity contribution in [1.82, 2.24) is 14.6 Å². The molecule has 1 aromatic carbocycles. The number of sulfonamides is 1. The zero-order chi connectivity index (χ0) is 21.5. The molecule has 1 fully saturated rings. The molecule has 11 heteroatoms. The summed E-state index contributed by atoms with van der Waals surface area (Å²) in [5.74, 6) is -1.97. The Morgan fingerprint density at radius 1 is 1.23 bits per heavy atom. The topological polar surface area (TPSA) is 123 Å². The summed E-state index contributed by atoms with van der Waals surface area (Å²) in [5.41, 5.74) is 0.118. The summed E-state index contributed by atoms with van der Waals surface area (Å²) in [6, 6.07) is 6.41. The predicted molar refractivity (Wildman–Crippen MR) is 105 cm³/mol. The molecule has 2 aromatic rings. The fourth-order valence-electron chi connectivity index (χ4n) is 3.40. The number of halogens is 1. The van der Waals surface area contributed by atoms with Gasteiger partial charge in [0.05, 0.1) is 23.8 Å². The number of hydrogen-bond acceptors (Lipinski definition) is 7. The third-order valence-electron chi connectivity index (χ3n) is 4.88. The Morgan fingerprint density at radius 2 is 2.00 bits per heavy atom. The van der Waals surface area contributed by atoms with Crippen LogP contribution in [0.15, 0.2) is 41.4 Å². The lowest BCUT2D eigenvalue weighted by molar-refractivity contribution is 0.0475. The second kappa shape index (κ2) is 7.78. The summed E-state index contributed by atoms with van der Waals surface area (Å²) >= 11 is 5.80. The van der Waals surface area contributed by atoms with Crippen molar-refractivity contribution < 1.29 is 27.5 Å². The molecule has 0 spiro atoms. The number of benzene rings is 1. The number of ether oxygens (including phenoxy) is 1. The molecule has 156 valence electrons. The van der Waals surface area contributed by atoms with Crippen LogP contribution in [-0.2, 0) is 14.8 Å². The molecule has 30 heavy (non-hydrogen) atoms. The maximum Gasteiger partial charge on any atom is 0.267 e. The van der Waals surface area contributed by atoms with E-state index in [1.54, 1.807) is 0 Å². The van der Waals surface area contributed by atoms with Gasteiger partial charge < -0.3 is 4.74 Å². The van der Waals surface area contributed by atoms with Crippen molar-refractivity contribution in [3.05, 3.63) is 58.4 Å². The number of amides is 3. The minimum absolute atomic E-state index is 0.0439. The second-order valence-electron chi connectivity index (χ2n) is 6.84. The Bertz CT molecular complexity index is 1160. The van der Waals surface area contributed by atoms with Gasteiger partial charge in [0, 0.05) is 18.4 Å². The van der Waals surface area contributed by atoms with Crippen LogP contribution >= 0.6 is 11.6 Å². The van der Waals surface area contributed by atoms with Crippen LogP contribution in [0.1, 0.15) is 43.9 Å². The van der Waals surface area contributed by atoms with Gasteiger partial charge in [0.25, 0.3) is 27.7 Å². The van der Waals surface area contributed by atoms with Crippen molar-refractivity contribution in [1.29, 1.82) is 0 Å². The number of nitrogens with one attached hydrogen (secondary N) is 1. The van der Waals surface area contributed by atoms with Gasteiger partial charge in [-0.3, -0.25) is 19.3 Å². The van der Waals surface area contributed by atoms with Gasteiger partial charge >= 0.3 is 0 Å². The van der Waals surface area contributed by atoms with Crippen LogP contribution in [-0.4, -0.2) is 55.3 Å². The number of pyridine rings is 1. The van der Waals surface area contributed by atoms with Crippen molar-refractivity contribution in [2.24, 2.45) is 0 Å². The second-order valence-corrected chi connectivity index (χ2v) is 8.85. The molecule has 1 unspecified atom stereocenters. The van der Waals surface area contributed by atoms with Gasteiger partial charge in [0.15, 0.2) is 0 Å². The van der Waals surface area contributed by atoms with Gasteiger partial charge in [0.2, 0.25) is 0 Å². The van der Waals surface area contributed by atoms with Crippen molar-refractivity contribution in [3.8, 4) is 0 Å². The lowest BCUT2D eigenvalue weighted by atomic mass is 10.1. The van der Waals surface area contributed by atoms with Crippen LogP contribution in [0, 0.1) is 0 Å². The summed E-state index contributed by atoms with van der Waals surface area (Å²) in [4.78, 5) is 42.2. The van der Waals surface area contributed by atoms with Crippen molar-refractivity contribution in [2.45, 2.75) is 23.8 Å². The Kier molecular flexibility index (Phi) is 5.31. The normalized spacial score (nSPS) is 18.6. The number of carbonyl (C=O) groups is 3. The molecule has 1 N–H and O–H groups in total. The zero-order valence-electron chi connectivity index (χ0n) is 15.5. The molecule has 1 saturated heterocycles. The first-order valence-corrected chi connectivity index (χ1v) is 10.9. The van der Waals surface area contributed by atoms with Gasteiger partial charge in [-0.25, -0.2) is 18.1 Å². The molecule has 9 nitrogen and oxygen atoms in total. The molecule has 0 bridgehead atoms. The van der Waals surface area contributed by atoms with Crippen LogP contribution in [0.25, 0.3) is 0 Å². The summed E-state index contributed by atoms with van der Waals surface area (Å²) < 4.78 is 32.2. The summed E-state index contributed by atoms with van der Waals surface area (Å²) in [7, 11) is -4.28. The maximum atomic E-state index is 12.7. The Morgan fingerprint density at radius 3 is 2.70 bits per heavy atom. The lowest BCUT2D eigenvalue weighted by Gasteiger charge is -2.17. The number of imide groups is 1. The standard InChI is InChI=1S/C19H16ClN3O6S/c20-16-15(4-1-7-21-16)30(27,28)22-17(24)11-5-6-13-14(9-11)19(26)23(18(13)25)10-12-3-2-8-29-12/h1,4-7,9,12H,2-3,8,10H2,(H,22,24). The van der Waals surface area contributed by atoms with Gasteiger partial charge in [0.1, 0.15) is 10.0 Å². The van der Waals surface area contributed by atoms with E-state index in [0.29, 0.717) is 6.61 Å². The van der Waals surface area contributed by atoms with Gasteiger partial charge in [-0.1, -0.05) is 11.6 Å². The molecule has 1 aromatic heterocycles. The van der Waals surface area contributed by atoms with E-state index in [-0.39, 0.29) is 39.4 Å². The highest BCUT2D eigenvalue weighted by Gasteiger charge is 2.38. The van der Waals surface area contributed by atoms with Crippen LogP contribution in [0.2, 0.25) is 5.15 Å². The largest absolute Gasteiger partial charge is 0.376 e. The number of nitrogens with zero attached hydrogens (tertiary/aromatic N) is 2. The molecule has 4 rings (SSSR count). The average molecular weight is 450 g/mol. The van der Waals surface area contributed by atoms with Crippen molar-refractivity contribution >= 4 is 39.3 Å². The number of aromatic nitrogens is 1. The fraction of sp³-hybridized carbons (Fsp3) is 0.263. The molecule has 0 aliphatic carbocycles. The van der Waals surface area contributed by atoms with Gasteiger partial charge in [-0.15, -0.1) is 0 Å². The van der Waals surface area contributed by atoms with Gasteiger partial charge in [-0.2, -0.15) is 0 Å². The number of fused-ring (bicyclic) bond motifs is 1. The Labute approximate surface area is 177 Å².